The number of piperazine rings is 1. The third-order valence-electron chi connectivity index (χ3n) is 6.69. The van der Waals surface area contributed by atoms with E-state index in [4.69, 9.17) is 16.3 Å². The Balaban J connectivity index is 1.55. The highest BCUT2D eigenvalue weighted by atomic mass is 35.5. The van der Waals surface area contributed by atoms with Gasteiger partial charge in [0.15, 0.2) is 0 Å². The number of amides is 1. The quantitative estimate of drug-likeness (QED) is 0.405. The minimum absolute atomic E-state index is 0.0311. The van der Waals surface area contributed by atoms with Crippen LogP contribution >= 0.6 is 11.6 Å². The molecule has 2 heterocycles. The summed E-state index contributed by atoms with van der Waals surface area (Å²) >= 11 is 5.96. The molecular formula is C28H29ClF3N3O3. The molecule has 0 aliphatic carbocycles. The van der Waals surface area contributed by atoms with Crippen molar-refractivity contribution in [3.8, 4) is 11.5 Å². The molecule has 38 heavy (non-hydrogen) atoms. The molecule has 1 N–H and O–H groups in total. The fraction of sp³-hybridized carbons (Fsp3) is 0.357. The molecule has 1 atom stereocenters. The Morgan fingerprint density at radius 3 is 2.66 bits per heavy atom. The molecule has 1 aliphatic rings. The molecule has 1 saturated heterocycles. The number of alkyl halides is 3. The summed E-state index contributed by atoms with van der Waals surface area (Å²) in [5.74, 6) is -0.585. The van der Waals surface area contributed by atoms with Gasteiger partial charge in [0.25, 0.3) is 5.91 Å². The molecular weight excluding hydrogens is 519 g/mol. The van der Waals surface area contributed by atoms with Crippen molar-refractivity contribution < 1.29 is 27.8 Å². The van der Waals surface area contributed by atoms with Crippen LogP contribution in [-0.4, -0.2) is 65.1 Å². The number of phenolic OH excluding ortho intramolecular Hbond substituents is 1. The van der Waals surface area contributed by atoms with Gasteiger partial charge in [-0.3, -0.25) is 14.7 Å². The fourth-order valence-electron chi connectivity index (χ4n) is 4.74. The summed E-state index contributed by atoms with van der Waals surface area (Å²) in [6.07, 6.45) is 1.14. The van der Waals surface area contributed by atoms with E-state index >= 15 is 0 Å². The number of pyridine rings is 1. The number of aromatic hydroxyl groups is 1. The van der Waals surface area contributed by atoms with Gasteiger partial charge in [0.1, 0.15) is 11.5 Å². The van der Waals surface area contributed by atoms with Crippen molar-refractivity contribution in [1.29, 1.82) is 0 Å². The minimum Gasteiger partial charge on any atom is -0.506 e. The van der Waals surface area contributed by atoms with Crippen molar-refractivity contribution in [3.05, 3.63) is 88.2 Å². The lowest BCUT2D eigenvalue weighted by Crippen LogP contribution is -2.56. The van der Waals surface area contributed by atoms with Crippen LogP contribution in [0.1, 0.15) is 33.5 Å². The molecule has 1 amide bonds. The van der Waals surface area contributed by atoms with Crippen LogP contribution in [0.3, 0.4) is 0 Å². The first-order valence-corrected chi connectivity index (χ1v) is 12.7. The zero-order valence-corrected chi connectivity index (χ0v) is 21.7. The lowest BCUT2D eigenvalue weighted by Gasteiger charge is -2.42. The molecule has 0 radical (unpaired) electrons. The highest BCUT2D eigenvalue weighted by molar-refractivity contribution is 6.32. The first kappa shape index (κ1) is 27.7. The number of phenols is 1. The molecule has 0 spiro atoms. The van der Waals surface area contributed by atoms with Gasteiger partial charge in [-0.05, 0) is 73.3 Å². The number of nitrogens with zero attached hydrogens (tertiary/aromatic N) is 3. The maximum absolute atomic E-state index is 13.6. The zero-order valence-electron chi connectivity index (χ0n) is 20.9. The fourth-order valence-corrected chi connectivity index (χ4v) is 4.86. The summed E-state index contributed by atoms with van der Waals surface area (Å²) in [5.41, 5.74) is 0.903. The van der Waals surface area contributed by atoms with Crippen molar-refractivity contribution in [2.75, 3.05) is 33.3 Å². The van der Waals surface area contributed by atoms with Crippen LogP contribution in [0.5, 0.6) is 11.5 Å². The van der Waals surface area contributed by atoms with Crippen LogP contribution in [0.25, 0.3) is 0 Å². The summed E-state index contributed by atoms with van der Waals surface area (Å²) in [7, 11) is 1.27. The number of carbonyl (C=O) groups excluding carboxylic acids is 1. The van der Waals surface area contributed by atoms with Crippen molar-refractivity contribution in [2.45, 2.75) is 31.5 Å². The SMILES string of the molecule is COc1cc(C(=O)N2CCN(CCCc3cccnc3)C[C@H]2Cc2ccc(Cl)c(O)c2)cc(C(F)(F)F)c1. The van der Waals surface area contributed by atoms with E-state index in [2.05, 4.69) is 9.88 Å². The average Bonchev–Trinajstić information content (AvgIpc) is 2.90. The lowest BCUT2D eigenvalue weighted by molar-refractivity contribution is -0.137. The van der Waals surface area contributed by atoms with E-state index < -0.39 is 17.6 Å². The largest absolute Gasteiger partial charge is 0.506 e. The van der Waals surface area contributed by atoms with Crippen LogP contribution in [0, 0.1) is 0 Å². The highest BCUT2D eigenvalue weighted by Gasteiger charge is 2.35. The molecule has 2 aromatic carbocycles. The van der Waals surface area contributed by atoms with Gasteiger partial charge in [0.2, 0.25) is 0 Å². The number of carbonyl (C=O) groups is 1. The molecule has 1 aliphatic heterocycles. The number of rotatable bonds is 8. The van der Waals surface area contributed by atoms with Crippen molar-refractivity contribution >= 4 is 17.5 Å². The Labute approximate surface area is 224 Å². The molecule has 1 aromatic heterocycles. The van der Waals surface area contributed by atoms with Crippen LogP contribution in [0.2, 0.25) is 5.02 Å². The number of aryl methyl sites for hydroxylation is 1. The first-order valence-electron chi connectivity index (χ1n) is 12.3. The van der Waals surface area contributed by atoms with Crippen LogP contribution in [0.15, 0.2) is 60.9 Å². The Morgan fingerprint density at radius 1 is 1.16 bits per heavy atom. The number of hydrogen-bond acceptors (Lipinski definition) is 5. The van der Waals surface area contributed by atoms with E-state index in [9.17, 15) is 23.1 Å². The number of benzene rings is 2. The Bertz CT molecular complexity index is 1260. The number of hydrogen-bond donors (Lipinski definition) is 1. The number of ether oxygens (including phenoxy) is 1. The predicted molar refractivity (Wildman–Crippen MR) is 139 cm³/mol. The smallest absolute Gasteiger partial charge is 0.416 e. The molecule has 0 bridgehead atoms. The second kappa shape index (κ2) is 12.0. The van der Waals surface area contributed by atoms with Gasteiger partial charge in [-0.25, -0.2) is 0 Å². The van der Waals surface area contributed by atoms with E-state index in [0.29, 0.717) is 26.1 Å². The summed E-state index contributed by atoms with van der Waals surface area (Å²) in [6.45, 7) is 2.29. The molecule has 202 valence electrons. The number of halogens is 4. The van der Waals surface area contributed by atoms with Gasteiger partial charge in [-0.15, -0.1) is 0 Å². The van der Waals surface area contributed by atoms with Crippen LogP contribution < -0.4 is 4.74 Å². The minimum atomic E-state index is -4.61. The van der Waals surface area contributed by atoms with E-state index in [0.717, 1.165) is 42.6 Å². The van der Waals surface area contributed by atoms with E-state index in [1.807, 2.05) is 18.3 Å². The van der Waals surface area contributed by atoms with E-state index in [1.165, 1.54) is 13.2 Å². The van der Waals surface area contributed by atoms with Gasteiger partial charge in [-0.2, -0.15) is 13.2 Å². The van der Waals surface area contributed by atoms with E-state index in [-0.39, 0.29) is 28.1 Å². The Hall–Kier alpha value is -3.30. The average molecular weight is 548 g/mol. The number of methoxy groups -OCH3 is 1. The maximum atomic E-state index is 13.6. The third-order valence-corrected chi connectivity index (χ3v) is 7.01. The molecule has 0 saturated carbocycles. The Kier molecular flexibility index (Phi) is 8.79. The van der Waals surface area contributed by atoms with Crippen molar-refractivity contribution in [3.63, 3.8) is 0 Å². The summed E-state index contributed by atoms with van der Waals surface area (Å²) in [5, 5.41) is 10.3. The monoisotopic (exact) mass is 547 g/mol. The van der Waals surface area contributed by atoms with Gasteiger partial charge in [0.05, 0.1) is 17.7 Å². The molecule has 3 aromatic rings. The topological polar surface area (TPSA) is 65.9 Å². The maximum Gasteiger partial charge on any atom is 0.416 e. The zero-order chi connectivity index (χ0) is 27.3. The summed E-state index contributed by atoms with van der Waals surface area (Å²) in [4.78, 5) is 21.6. The van der Waals surface area contributed by atoms with Crippen LogP contribution in [-0.2, 0) is 19.0 Å². The van der Waals surface area contributed by atoms with Gasteiger partial charge in [-0.1, -0.05) is 23.7 Å². The Morgan fingerprint density at radius 2 is 1.97 bits per heavy atom. The predicted octanol–water partition coefficient (Wildman–Crippen LogP) is 5.47. The normalized spacial score (nSPS) is 16.4. The van der Waals surface area contributed by atoms with E-state index in [1.54, 1.807) is 29.3 Å². The van der Waals surface area contributed by atoms with Gasteiger partial charge >= 0.3 is 6.18 Å². The lowest BCUT2D eigenvalue weighted by atomic mass is 9.99. The molecule has 4 rings (SSSR count). The second-order valence-electron chi connectivity index (χ2n) is 9.36. The molecule has 1 fully saturated rings. The molecule has 10 heteroatoms. The van der Waals surface area contributed by atoms with Crippen molar-refractivity contribution in [1.82, 2.24) is 14.8 Å². The summed E-state index contributed by atoms with van der Waals surface area (Å²) in [6, 6.07) is 11.6. The van der Waals surface area contributed by atoms with Crippen LogP contribution in [0.4, 0.5) is 13.2 Å². The van der Waals surface area contributed by atoms with Crippen molar-refractivity contribution in [2.24, 2.45) is 0 Å². The summed E-state index contributed by atoms with van der Waals surface area (Å²) < 4.78 is 45.5. The third kappa shape index (κ3) is 6.96. The van der Waals surface area contributed by atoms with Gasteiger partial charge in [0, 0.05) is 43.6 Å². The molecule has 6 nitrogen and oxygen atoms in total. The number of aromatic nitrogens is 1. The highest BCUT2D eigenvalue weighted by Crippen LogP contribution is 2.33. The standard InChI is InChI=1S/C28H29ClF3N3O3/c1-38-24-15-21(14-22(16-24)28(30,31)32)27(37)35-11-10-34(9-3-5-19-4-2-8-33-17-19)18-23(35)12-20-6-7-25(29)26(36)13-20/h2,4,6-8,13-17,23,36H,3,5,9-12,18H2,1H3/t23-/m1/s1. The molecule has 0 unspecified atom stereocenters. The van der Waals surface area contributed by atoms with Gasteiger partial charge < -0.3 is 14.7 Å². The second-order valence-corrected chi connectivity index (χ2v) is 9.76. The first-order chi connectivity index (χ1) is 18.1.